The maximum Gasteiger partial charge on any atom is 0.244 e. The van der Waals surface area contributed by atoms with Gasteiger partial charge in [0, 0.05) is 24.0 Å². The van der Waals surface area contributed by atoms with Gasteiger partial charge in [-0.3, -0.25) is 13.9 Å². The van der Waals surface area contributed by atoms with Gasteiger partial charge in [0.25, 0.3) is 0 Å². The summed E-state index contributed by atoms with van der Waals surface area (Å²) in [7, 11) is -3.95. The van der Waals surface area contributed by atoms with E-state index >= 15 is 0 Å². The van der Waals surface area contributed by atoms with E-state index in [4.69, 9.17) is 0 Å². The average Bonchev–Trinajstić information content (AvgIpc) is 2.84. The summed E-state index contributed by atoms with van der Waals surface area (Å²) < 4.78 is 40.9. The zero-order chi connectivity index (χ0) is 27.0. The van der Waals surface area contributed by atoms with Gasteiger partial charge in [-0.05, 0) is 48.4 Å². The van der Waals surface area contributed by atoms with Crippen LogP contribution in [0.2, 0.25) is 0 Å². The highest BCUT2D eigenvalue weighted by atomic mass is 79.9. The van der Waals surface area contributed by atoms with Gasteiger partial charge in [0.1, 0.15) is 18.4 Å². The Balaban J connectivity index is 2.04. The van der Waals surface area contributed by atoms with E-state index in [2.05, 4.69) is 21.2 Å². The largest absolute Gasteiger partial charge is 0.355 e. The zero-order valence-electron chi connectivity index (χ0n) is 20.6. The zero-order valence-corrected chi connectivity index (χ0v) is 23.0. The van der Waals surface area contributed by atoms with Gasteiger partial charge in [0.2, 0.25) is 21.8 Å². The third-order valence-corrected chi connectivity index (χ3v) is 7.27. The molecule has 0 saturated heterocycles. The van der Waals surface area contributed by atoms with Gasteiger partial charge >= 0.3 is 0 Å². The van der Waals surface area contributed by atoms with Crippen molar-refractivity contribution in [3.05, 3.63) is 100 Å². The fourth-order valence-electron chi connectivity index (χ4n) is 3.92. The maximum absolute atomic E-state index is 13.9. The third-order valence-electron chi connectivity index (χ3n) is 5.64. The van der Waals surface area contributed by atoms with E-state index in [9.17, 15) is 22.4 Å². The second-order valence-corrected chi connectivity index (χ2v) is 11.3. The van der Waals surface area contributed by atoms with Crippen molar-refractivity contribution < 1.29 is 22.4 Å². The van der Waals surface area contributed by atoms with E-state index in [1.165, 1.54) is 23.1 Å². The molecule has 3 rings (SSSR count). The fraction of sp³-hybridized carbons (Fsp3) is 0.259. The van der Waals surface area contributed by atoms with Crippen molar-refractivity contribution in [2.45, 2.75) is 25.9 Å². The highest BCUT2D eigenvalue weighted by molar-refractivity contribution is 9.10. The van der Waals surface area contributed by atoms with Crippen molar-refractivity contribution in [2.75, 3.05) is 23.7 Å². The molecule has 37 heavy (non-hydrogen) atoms. The summed E-state index contributed by atoms with van der Waals surface area (Å²) in [6.07, 6.45) is 1.18. The topological polar surface area (TPSA) is 86.8 Å². The minimum absolute atomic E-state index is 0.0240. The molecule has 0 radical (unpaired) electrons. The quantitative estimate of drug-likeness (QED) is 0.364. The highest BCUT2D eigenvalue weighted by Crippen LogP contribution is 2.22. The Morgan fingerprint density at radius 2 is 1.65 bits per heavy atom. The van der Waals surface area contributed by atoms with Crippen LogP contribution in [0.15, 0.2) is 83.3 Å². The van der Waals surface area contributed by atoms with Crippen LogP contribution in [0.25, 0.3) is 0 Å². The first-order valence-electron chi connectivity index (χ1n) is 11.7. The van der Waals surface area contributed by atoms with Gasteiger partial charge in [0.05, 0.1) is 11.9 Å². The van der Waals surface area contributed by atoms with E-state index in [1.807, 2.05) is 54.6 Å². The molecule has 0 bridgehead atoms. The second-order valence-electron chi connectivity index (χ2n) is 8.50. The third kappa shape index (κ3) is 8.13. The van der Waals surface area contributed by atoms with Crippen molar-refractivity contribution >= 4 is 43.5 Å². The lowest BCUT2D eigenvalue weighted by Gasteiger charge is -2.33. The first kappa shape index (κ1) is 28.3. The number of benzene rings is 3. The maximum atomic E-state index is 13.9. The molecule has 0 aliphatic rings. The van der Waals surface area contributed by atoms with E-state index in [0.717, 1.165) is 32.2 Å². The summed E-state index contributed by atoms with van der Waals surface area (Å²) >= 11 is 3.43. The van der Waals surface area contributed by atoms with Gasteiger partial charge in [-0.25, -0.2) is 12.8 Å². The number of sulfonamides is 1. The molecule has 1 atom stereocenters. The number of likely N-dealkylation sites (N-methyl/N-ethyl adjacent to an activating group) is 1. The van der Waals surface area contributed by atoms with E-state index in [0.29, 0.717) is 6.54 Å². The van der Waals surface area contributed by atoms with Crippen LogP contribution in [0, 0.1) is 5.82 Å². The van der Waals surface area contributed by atoms with Crippen LogP contribution in [0.5, 0.6) is 0 Å². The number of carbonyl (C=O) groups excluding carboxylic acids is 2. The highest BCUT2D eigenvalue weighted by Gasteiger charge is 2.32. The van der Waals surface area contributed by atoms with E-state index in [-0.39, 0.29) is 24.6 Å². The molecular formula is C27H29BrFN3O4S. The molecule has 0 spiro atoms. The number of hydrogen-bond acceptors (Lipinski definition) is 4. The number of nitrogens with zero attached hydrogens (tertiary/aromatic N) is 2. The van der Waals surface area contributed by atoms with Gasteiger partial charge in [-0.1, -0.05) is 64.5 Å². The molecular weight excluding hydrogens is 561 g/mol. The first-order valence-corrected chi connectivity index (χ1v) is 14.3. The minimum atomic E-state index is -3.95. The van der Waals surface area contributed by atoms with Crippen LogP contribution in [-0.2, 0) is 32.6 Å². The van der Waals surface area contributed by atoms with Crippen molar-refractivity contribution in [1.82, 2.24) is 10.2 Å². The Morgan fingerprint density at radius 1 is 0.973 bits per heavy atom. The van der Waals surface area contributed by atoms with Crippen LogP contribution in [0.4, 0.5) is 10.1 Å². The van der Waals surface area contributed by atoms with Crippen molar-refractivity contribution in [1.29, 1.82) is 0 Å². The number of hydrogen-bond donors (Lipinski definition) is 1. The SMILES string of the molecule is CCNC(=O)[C@H](Cc1ccccc1)N(Cc1cccc(Br)c1)C(=O)CN(c1cccc(F)c1)S(C)(=O)=O. The number of carbonyl (C=O) groups is 2. The second kappa shape index (κ2) is 12.8. The monoisotopic (exact) mass is 589 g/mol. The molecule has 0 aliphatic heterocycles. The number of nitrogens with one attached hydrogen (secondary N) is 1. The molecule has 0 fully saturated rings. The predicted octanol–water partition coefficient (Wildman–Crippen LogP) is 4.13. The molecule has 7 nitrogen and oxygen atoms in total. The normalized spacial score (nSPS) is 12.0. The van der Waals surface area contributed by atoms with E-state index < -0.39 is 34.3 Å². The molecule has 0 saturated carbocycles. The Bertz CT molecular complexity index is 1340. The van der Waals surface area contributed by atoms with Gasteiger partial charge in [-0.2, -0.15) is 0 Å². The first-order chi connectivity index (χ1) is 17.6. The summed E-state index contributed by atoms with van der Waals surface area (Å²) in [6.45, 7) is 1.61. The molecule has 3 aromatic rings. The smallest absolute Gasteiger partial charge is 0.244 e. The van der Waals surface area contributed by atoms with Crippen LogP contribution in [-0.4, -0.2) is 50.5 Å². The standard InChI is InChI=1S/C27H29BrFN3O4S/c1-3-30-27(34)25(16-20-9-5-4-6-10-20)31(18-21-11-7-12-22(28)15-21)26(33)19-32(37(2,35)36)24-14-8-13-23(29)17-24/h4-15,17,25H,3,16,18-19H2,1-2H3,(H,30,34)/t25-/m0/s1. The van der Waals surface area contributed by atoms with Gasteiger partial charge in [-0.15, -0.1) is 0 Å². The van der Waals surface area contributed by atoms with Crippen LogP contribution in [0.1, 0.15) is 18.1 Å². The molecule has 0 aromatic heterocycles. The van der Waals surface area contributed by atoms with Crippen molar-refractivity contribution in [3.63, 3.8) is 0 Å². The average molecular weight is 591 g/mol. The van der Waals surface area contributed by atoms with Crippen molar-refractivity contribution in [2.24, 2.45) is 0 Å². The number of halogens is 2. The van der Waals surface area contributed by atoms with Crippen LogP contribution >= 0.6 is 15.9 Å². The Labute approximate surface area is 225 Å². The number of rotatable bonds is 11. The Kier molecular flexibility index (Phi) is 9.82. The van der Waals surface area contributed by atoms with Crippen molar-refractivity contribution in [3.8, 4) is 0 Å². The number of amides is 2. The summed E-state index contributed by atoms with van der Waals surface area (Å²) in [5.74, 6) is -1.58. The van der Waals surface area contributed by atoms with Gasteiger partial charge < -0.3 is 10.2 Å². The molecule has 0 aliphatic carbocycles. The summed E-state index contributed by atoms with van der Waals surface area (Å²) in [6, 6.07) is 20.7. The predicted molar refractivity (Wildman–Crippen MR) is 146 cm³/mol. The summed E-state index contributed by atoms with van der Waals surface area (Å²) in [5, 5.41) is 2.80. The fourth-order valence-corrected chi connectivity index (χ4v) is 5.21. The molecule has 1 N–H and O–H groups in total. The van der Waals surface area contributed by atoms with E-state index in [1.54, 1.807) is 6.92 Å². The molecule has 2 amide bonds. The van der Waals surface area contributed by atoms with Gasteiger partial charge in [0.15, 0.2) is 0 Å². The Morgan fingerprint density at radius 3 is 2.27 bits per heavy atom. The lowest BCUT2D eigenvalue weighted by atomic mass is 10.0. The molecule has 3 aromatic carbocycles. The lowest BCUT2D eigenvalue weighted by molar-refractivity contribution is -0.140. The van der Waals surface area contributed by atoms with Crippen LogP contribution in [0.3, 0.4) is 0 Å². The van der Waals surface area contributed by atoms with Crippen LogP contribution < -0.4 is 9.62 Å². The summed E-state index contributed by atoms with van der Waals surface area (Å²) in [5.41, 5.74) is 1.62. The minimum Gasteiger partial charge on any atom is -0.355 e. The number of anilines is 1. The molecule has 0 heterocycles. The lowest BCUT2D eigenvalue weighted by Crippen LogP contribution is -2.53. The molecule has 10 heteroatoms. The Hall–Kier alpha value is -3.24. The molecule has 0 unspecified atom stereocenters. The summed E-state index contributed by atoms with van der Waals surface area (Å²) in [4.78, 5) is 28.5. The molecule has 196 valence electrons.